The second-order valence-electron chi connectivity index (χ2n) is 4.94. The zero-order valence-electron chi connectivity index (χ0n) is 11.4. The molecule has 1 aliphatic rings. The van der Waals surface area contributed by atoms with E-state index in [0.717, 1.165) is 30.4 Å². The first-order chi connectivity index (χ1) is 9.92. The summed E-state index contributed by atoms with van der Waals surface area (Å²) in [6, 6.07) is 10.2. The predicted octanol–water partition coefficient (Wildman–Crippen LogP) is 3.68. The van der Waals surface area contributed by atoms with Crippen molar-refractivity contribution in [2.24, 2.45) is 0 Å². The van der Waals surface area contributed by atoms with Crippen LogP contribution >= 0.6 is 11.8 Å². The third-order valence-corrected chi connectivity index (χ3v) is 4.77. The Morgan fingerprint density at radius 1 is 1.25 bits per heavy atom. The van der Waals surface area contributed by atoms with Crippen molar-refractivity contribution >= 4 is 17.4 Å². The quantitative estimate of drug-likeness (QED) is 0.910. The minimum Gasteiger partial charge on any atom is -0.385 e. The summed E-state index contributed by atoms with van der Waals surface area (Å²) in [4.78, 5) is 4.53. The van der Waals surface area contributed by atoms with E-state index < -0.39 is 0 Å². The van der Waals surface area contributed by atoms with Crippen LogP contribution in [0.4, 0.5) is 5.69 Å². The smallest absolute Gasteiger partial charge is 0.228 e. The van der Waals surface area contributed by atoms with Crippen LogP contribution in [-0.2, 0) is 6.42 Å². The van der Waals surface area contributed by atoms with Gasteiger partial charge in [-0.1, -0.05) is 29.8 Å². The van der Waals surface area contributed by atoms with Crippen LogP contribution in [0.1, 0.15) is 36.2 Å². The maximum absolute atomic E-state index is 5.34. The van der Waals surface area contributed by atoms with Gasteiger partial charge in [-0.3, -0.25) is 0 Å². The molecule has 1 aliphatic heterocycles. The molecule has 0 saturated carbocycles. The summed E-state index contributed by atoms with van der Waals surface area (Å²) in [7, 11) is 0. The number of hydrogen-bond acceptors (Lipinski definition) is 5. The van der Waals surface area contributed by atoms with Crippen LogP contribution in [0.3, 0.4) is 0 Å². The molecule has 0 aliphatic carbocycles. The van der Waals surface area contributed by atoms with Crippen LogP contribution < -0.4 is 5.32 Å². The average Bonchev–Trinajstić information content (AvgIpc) is 2.98. The molecule has 2 heterocycles. The van der Waals surface area contributed by atoms with E-state index in [-0.39, 0.29) is 0 Å². The average molecular weight is 289 g/mol. The molecular formula is C15H19N3OS. The summed E-state index contributed by atoms with van der Waals surface area (Å²) >= 11 is 1.95. The number of hydrogen-bond donors (Lipinski definition) is 1. The summed E-state index contributed by atoms with van der Waals surface area (Å²) in [5.74, 6) is 2.82. The molecule has 4 nitrogen and oxygen atoms in total. The highest BCUT2D eigenvalue weighted by Gasteiger charge is 2.21. The molecule has 3 rings (SSSR count). The Morgan fingerprint density at radius 3 is 2.95 bits per heavy atom. The van der Waals surface area contributed by atoms with E-state index in [4.69, 9.17) is 4.52 Å². The molecule has 1 atom stereocenters. The molecule has 106 valence electrons. The van der Waals surface area contributed by atoms with Crippen molar-refractivity contribution in [3.8, 4) is 0 Å². The minimum absolute atomic E-state index is 0.434. The lowest BCUT2D eigenvalue weighted by molar-refractivity contribution is 0.374. The fraction of sp³-hybridized carbons (Fsp3) is 0.467. The summed E-state index contributed by atoms with van der Waals surface area (Å²) < 4.78 is 5.34. The summed E-state index contributed by atoms with van der Waals surface area (Å²) in [6.07, 6.45) is 4.52. The van der Waals surface area contributed by atoms with Gasteiger partial charge in [0.05, 0.1) is 5.25 Å². The number of para-hydroxylation sites is 1. The molecule has 0 spiro atoms. The lowest BCUT2D eigenvalue weighted by Gasteiger charge is -2.17. The van der Waals surface area contributed by atoms with Crippen LogP contribution in [0.2, 0.25) is 0 Å². The van der Waals surface area contributed by atoms with Crippen LogP contribution in [0.25, 0.3) is 0 Å². The molecule has 1 N–H and O–H groups in total. The Kier molecular flexibility index (Phi) is 4.58. The minimum atomic E-state index is 0.434. The lowest BCUT2D eigenvalue weighted by atomic mass is 10.2. The Bertz CT molecular complexity index is 523. The Labute approximate surface area is 123 Å². The van der Waals surface area contributed by atoms with Gasteiger partial charge in [-0.05, 0) is 30.7 Å². The van der Waals surface area contributed by atoms with Crippen LogP contribution in [-0.4, -0.2) is 22.4 Å². The Morgan fingerprint density at radius 2 is 2.15 bits per heavy atom. The van der Waals surface area contributed by atoms with Crippen LogP contribution in [0.5, 0.6) is 0 Å². The standard InChI is InChI=1S/C15H19N3OS/c1-2-6-12(7-3-1)16-10-9-14-17-15(18-19-14)13-8-4-5-11-20-13/h1-3,6-7,13,16H,4-5,8-11H2. The normalized spacial score (nSPS) is 18.9. The van der Waals surface area contributed by atoms with Gasteiger partial charge in [-0.2, -0.15) is 16.7 Å². The molecule has 0 amide bonds. The molecule has 1 aromatic carbocycles. The molecule has 1 fully saturated rings. The SMILES string of the molecule is c1ccc(NCCc2nc(C3CCCCS3)no2)cc1. The first-order valence-corrected chi connectivity index (χ1v) is 8.20. The van der Waals surface area contributed by atoms with Crippen LogP contribution in [0.15, 0.2) is 34.9 Å². The first-order valence-electron chi connectivity index (χ1n) is 7.15. The van der Waals surface area contributed by atoms with Gasteiger partial charge in [-0.15, -0.1) is 0 Å². The highest BCUT2D eigenvalue weighted by molar-refractivity contribution is 7.99. The van der Waals surface area contributed by atoms with Crippen molar-refractivity contribution < 1.29 is 4.52 Å². The van der Waals surface area contributed by atoms with Gasteiger partial charge in [0.2, 0.25) is 5.89 Å². The van der Waals surface area contributed by atoms with Crippen molar-refractivity contribution in [1.29, 1.82) is 0 Å². The first kappa shape index (κ1) is 13.5. The molecule has 0 radical (unpaired) electrons. The molecule has 20 heavy (non-hydrogen) atoms. The van der Waals surface area contributed by atoms with Crippen molar-refractivity contribution in [3.05, 3.63) is 42.0 Å². The second kappa shape index (κ2) is 6.79. The zero-order chi connectivity index (χ0) is 13.6. The van der Waals surface area contributed by atoms with Gasteiger partial charge >= 0.3 is 0 Å². The van der Waals surface area contributed by atoms with Crippen molar-refractivity contribution in [3.63, 3.8) is 0 Å². The molecular weight excluding hydrogens is 270 g/mol. The number of benzene rings is 1. The lowest BCUT2D eigenvalue weighted by Crippen LogP contribution is -2.06. The fourth-order valence-electron chi connectivity index (χ4n) is 2.31. The van der Waals surface area contributed by atoms with Crippen LogP contribution in [0, 0.1) is 0 Å². The zero-order valence-corrected chi connectivity index (χ0v) is 12.2. The summed E-state index contributed by atoms with van der Waals surface area (Å²) in [5.41, 5.74) is 1.12. The van der Waals surface area contributed by atoms with Crippen molar-refractivity contribution in [2.75, 3.05) is 17.6 Å². The molecule has 1 aromatic heterocycles. The van der Waals surface area contributed by atoms with E-state index in [1.54, 1.807) is 0 Å². The van der Waals surface area contributed by atoms with Gasteiger partial charge in [0, 0.05) is 18.7 Å². The number of anilines is 1. The largest absolute Gasteiger partial charge is 0.385 e. The van der Waals surface area contributed by atoms with Gasteiger partial charge in [0.1, 0.15) is 0 Å². The highest BCUT2D eigenvalue weighted by atomic mass is 32.2. The monoisotopic (exact) mass is 289 g/mol. The summed E-state index contributed by atoms with van der Waals surface area (Å²) in [6.45, 7) is 0.809. The van der Waals surface area contributed by atoms with E-state index >= 15 is 0 Å². The van der Waals surface area contributed by atoms with Gasteiger partial charge < -0.3 is 9.84 Å². The van der Waals surface area contributed by atoms with E-state index in [1.165, 1.54) is 25.0 Å². The molecule has 2 aromatic rings. The molecule has 1 unspecified atom stereocenters. The van der Waals surface area contributed by atoms with Crippen molar-refractivity contribution in [2.45, 2.75) is 30.9 Å². The third-order valence-electron chi connectivity index (χ3n) is 3.39. The number of nitrogens with zero attached hydrogens (tertiary/aromatic N) is 2. The van der Waals surface area contributed by atoms with E-state index in [0.29, 0.717) is 5.25 Å². The predicted molar refractivity (Wildman–Crippen MR) is 82.0 cm³/mol. The van der Waals surface area contributed by atoms with Gasteiger partial charge in [-0.25, -0.2) is 0 Å². The molecule has 0 bridgehead atoms. The maximum Gasteiger partial charge on any atom is 0.228 e. The van der Waals surface area contributed by atoms with Gasteiger partial charge in [0.25, 0.3) is 0 Å². The topological polar surface area (TPSA) is 51.0 Å². The van der Waals surface area contributed by atoms with E-state index in [1.807, 2.05) is 30.0 Å². The number of thioether (sulfide) groups is 1. The third kappa shape index (κ3) is 3.54. The summed E-state index contributed by atoms with van der Waals surface area (Å²) in [5, 5.41) is 7.91. The van der Waals surface area contributed by atoms with E-state index in [2.05, 4.69) is 27.6 Å². The van der Waals surface area contributed by atoms with Crippen molar-refractivity contribution in [1.82, 2.24) is 10.1 Å². The molecule has 5 heteroatoms. The number of rotatable bonds is 5. The molecule has 1 saturated heterocycles. The number of aromatic nitrogens is 2. The maximum atomic E-state index is 5.34. The van der Waals surface area contributed by atoms with Gasteiger partial charge in [0.15, 0.2) is 5.82 Å². The number of nitrogens with one attached hydrogen (secondary N) is 1. The fourth-order valence-corrected chi connectivity index (χ4v) is 3.55. The second-order valence-corrected chi connectivity index (χ2v) is 6.25. The highest BCUT2D eigenvalue weighted by Crippen LogP contribution is 2.36. The Balaban J connectivity index is 1.50. The van der Waals surface area contributed by atoms with E-state index in [9.17, 15) is 0 Å². The Hall–Kier alpha value is -1.49.